The van der Waals surface area contributed by atoms with Crippen LogP contribution in [0.3, 0.4) is 0 Å². The molecule has 1 fully saturated rings. The summed E-state index contributed by atoms with van der Waals surface area (Å²) in [4.78, 5) is 30.0. The molecule has 1 aliphatic rings. The predicted molar refractivity (Wildman–Crippen MR) is 78.8 cm³/mol. The molecule has 0 spiro atoms. The number of amides is 1. The van der Waals surface area contributed by atoms with Crippen molar-refractivity contribution in [2.45, 2.75) is 39.2 Å². The van der Waals surface area contributed by atoms with Crippen LogP contribution >= 0.6 is 0 Å². The van der Waals surface area contributed by atoms with E-state index in [9.17, 15) is 14.7 Å². The zero-order valence-corrected chi connectivity index (χ0v) is 12.8. The van der Waals surface area contributed by atoms with Crippen molar-refractivity contribution in [2.24, 2.45) is 0 Å². The van der Waals surface area contributed by atoms with Gasteiger partial charge in [0.25, 0.3) is 5.91 Å². The first kappa shape index (κ1) is 14.5. The summed E-state index contributed by atoms with van der Waals surface area (Å²) in [6, 6.07) is 1.83. The Morgan fingerprint density at radius 2 is 2.09 bits per heavy atom. The number of carboxylic acids is 1. The summed E-state index contributed by atoms with van der Waals surface area (Å²) in [5.74, 6) is -1.28. The lowest BCUT2D eigenvalue weighted by atomic mass is 9.98. The highest BCUT2D eigenvalue weighted by Gasteiger charge is 2.46. The largest absolute Gasteiger partial charge is 0.480 e. The van der Waals surface area contributed by atoms with Gasteiger partial charge in [0.1, 0.15) is 5.54 Å². The van der Waals surface area contributed by atoms with Crippen LogP contribution < -0.4 is 0 Å². The molecule has 0 aromatic carbocycles. The Balaban J connectivity index is 2.05. The molecule has 1 N–H and O–H groups in total. The SMILES string of the molecule is Cc1cc2ncc(C(=O)N3CCCC3(C)C(=O)O)c(C)n2n1. The molecule has 116 valence electrons. The molecule has 22 heavy (non-hydrogen) atoms. The molecule has 1 aliphatic heterocycles. The minimum absolute atomic E-state index is 0.303. The molecule has 1 atom stereocenters. The van der Waals surface area contributed by atoms with E-state index in [-0.39, 0.29) is 5.91 Å². The fourth-order valence-corrected chi connectivity index (χ4v) is 3.03. The Bertz CT molecular complexity index is 782. The monoisotopic (exact) mass is 302 g/mol. The normalized spacial score (nSPS) is 21.5. The van der Waals surface area contributed by atoms with Gasteiger partial charge in [0.05, 0.1) is 17.0 Å². The van der Waals surface area contributed by atoms with E-state index >= 15 is 0 Å². The van der Waals surface area contributed by atoms with E-state index in [0.29, 0.717) is 36.3 Å². The maximum absolute atomic E-state index is 12.8. The van der Waals surface area contributed by atoms with Crippen LogP contribution in [0.1, 0.15) is 41.5 Å². The number of hydrogen-bond donors (Lipinski definition) is 1. The Labute approximate surface area is 127 Å². The number of hydrogen-bond acceptors (Lipinski definition) is 4. The number of likely N-dealkylation sites (tertiary alicyclic amines) is 1. The zero-order valence-electron chi connectivity index (χ0n) is 12.8. The van der Waals surface area contributed by atoms with Crippen LogP contribution in [0.15, 0.2) is 12.3 Å². The van der Waals surface area contributed by atoms with Crippen LogP contribution in [-0.4, -0.2) is 48.6 Å². The van der Waals surface area contributed by atoms with E-state index in [1.165, 1.54) is 11.1 Å². The van der Waals surface area contributed by atoms with Crippen LogP contribution in [0.5, 0.6) is 0 Å². The number of aromatic nitrogens is 3. The minimum Gasteiger partial charge on any atom is -0.480 e. The van der Waals surface area contributed by atoms with E-state index in [1.54, 1.807) is 18.4 Å². The van der Waals surface area contributed by atoms with E-state index in [4.69, 9.17) is 0 Å². The van der Waals surface area contributed by atoms with Gasteiger partial charge in [0.2, 0.25) is 0 Å². The number of aliphatic carboxylic acids is 1. The first-order valence-electron chi connectivity index (χ1n) is 7.22. The average Bonchev–Trinajstić information content (AvgIpc) is 3.02. The van der Waals surface area contributed by atoms with Gasteiger partial charge >= 0.3 is 5.97 Å². The molecule has 2 aromatic heterocycles. The highest BCUT2D eigenvalue weighted by atomic mass is 16.4. The van der Waals surface area contributed by atoms with E-state index < -0.39 is 11.5 Å². The number of fused-ring (bicyclic) bond motifs is 1. The summed E-state index contributed by atoms with van der Waals surface area (Å²) in [7, 11) is 0. The number of carboxylic acid groups (broad SMARTS) is 1. The summed E-state index contributed by atoms with van der Waals surface area (Å²) >= 11 is 0. The van der Waals surface area contributed by atoms with Crippen molar-refractivity contribution >= 4 is 17.5 Å². The molecule has 1 saturated heterocycles. The van der Waals surface area contributed by atoms with Crippen molar-refractivity contribution in [1.29, 1.82) is 0 Å². The second-order valence-corrected chi connectivity index (χ2v) is 5.95. The highest BCUT2D eigenvalue weighted by Crippen LogP contribution is 2.31. The third kappa shape index (κ3) is 1.96. The van der Waals surface area contributed by atoms with Gasteiger partial charge in [-0.15, -0.1) is 0 Å². The third-order valence-electron chi connectivity index (χ3n) is 4.42. The molecule has 0 aliphatic carbocycles. The van der Waals surface area contributed by atoms with Crippen LogP contribution in [0, 0.1) is 13.8 Å². The fraction of sp³-hybridized carbons (Fsp3) is 0.467. The Hall–Kier alpha value is -2.44. The predicted octanol–water partition coefficient (Wildman–Crippen LogP) is 1.43. The third-order valence-corrected chi connectivity index (χ3v) is 4.42. The lowest BCUT2D eigenvalue weighted by molar-refractivity contribution is -0.147. The summed E-state index contributed by atoms with van der Waals surface area (Å²) in [6.07, 6.45) is 2.66. The maximum atomic E-state index is 12.8. The molecule has 0 saturated carbocycles. The molecule has 2 aromatic rings. The topological polar surface area (TPSA) is 87.8 Å². The number of nitrogens with zero attached hydrogens (tertiary/aromatic N) is 4. The first-order valence-corrected chi connectivity index (χ1v) is 7.22. The smallest absolute Gasteiger partial charge is 0.329 e. The number of carbonyl (C=O) groups excluding carboxylic acids is 1. The summed E-state index contributed by atoms with van der Waals surface area (Å²) in [6.45, 7) is 5.69. The van der Waals surface area contributed by atoms with Gasteiger partial charge in [-0.05, 0) is 33.6 Å². The van der Waals surface area contributed by atoms with Crippen LogP contribution in [0.2, 0.25) is 0 Å². The van der Waals surface area contributed by atoms with Crippen molar-refractivity contribution in [1.82, 2.24) is 19.5 Å². The van der Waals surface area contributed by atoms with Gasteiger partial charge in [-0.2, -0.15) is 5.10 Å². The van der Waals surface area contributed by atoms with Crippen molar-refractivity contribution < 1.29 is 14.7 Å². The molecule has 0 bridgehead atoms. The van der Waals surface area contributed by atoms with Crippen molar-refractivity contribution in [3.63, 3.8) is 0 Å². The Morgan fingerprint density at radius 1 is 1.36 bits per heavy atom. The van der Waals surface area contributed by atoms with Gasteiger partial charge in [-0.3, -0.25) is 4.79 Å². The standard InChI is InChI=1S/C15H18N4O3/c1-9-7-12-16-8-11(10(2)19(12)17-9)13(20)18-6-4-5-15(18,3)14(21)22/h7-8H,4-6H2,1-3H3,(H,21,22). The Morgan fingerprint density at radius 3 is 2.77 bits per heavy atom. The number of rotatable bonds is 2. The quantitative estimate of drug-likeness (QED) is 0.906. The molecular formula is C15H18N4O3. The molecule has 3 heterocycles. The van der Waals surface area contributed by atoms with E-state index in [2.05, 4.69) is 10.1 Å². The molecular weight excluding hydrogens is 284 g/mol. The van der Waals surface area contributed by atoms with Crippen molar-refractivity contribution in [3.8, 4) is 0 Å². The van der Waals surface area contributed by atoms with Crippen LogP contribution in [0.4, 0.5) is 0 Å². The van der Waals surface area contributed by atoms with Crippen molar-refractivity contribution in [3.05, 3.63) is 29.2 Å². The summed E-state index contributed by atoms with van der Waals surface area (Å²) < 4.78 is 1.62. The van der Waals surface area contributed by atoms with Gasteiger partial charge < -0.3 is 10.0 Å². The lowest BCUT2D eigenvalue weighted by Crippen LogP contribution is -2.51. The van der Waals surface area contributed by atoms with Gasteiger partial charge in [0.15, 0.2) is 5.65 Å². The van der Waals surface area contributed by atoms with Gasteiger partial charge in [-0.1, -0.05) is 0 Å². The number of carbonyl (C=O) groups is 2. The van der Waals surface area contributed by atoms with Gasteiger partial charge in [-0.25, -0.2) is 14.3 Å². The summed E-state index contributed by atoms with van der Waals surface area (Å²) in [5, 5.41) is 13.8. The molecule has 3 rings (SSSR count). The van der Waals surface area contributed by atoms with E-state index in [0.717, 1.165) is 5.69 Å². The second-order valence-electron chi connectivity index (χ2n) is 5.95. The fourth-order valence-electron chi connectivity index (χ4n) is 3.03. The first-order chi connectivity index (χ1) is 10.3. The highest BCUT2D eigenvalue weighted by molar-refractivity contribution is 5.99. The van der Waals surface area contributed by atoms with Gasteiger partial charge in [0, 0.05) is 18.8 Å². The molecule has 0 radical (unpaired) electrons. The maximum Gasteiger partial charge on any atom is 0.329 e. The molecule has 7 heteroatoms. The molecule has 1 unspecified atom stereocenters. The van der Waals surface area contributed by atoms with Crippen LogP contribution in [-0.2, 0) is 4.79 Å². The number of aryl methyl sites for hydroxylation is 2. The van der Waals surface area contributed by atoms with Crippen molar-refractivity contribution in [2.75, 3.05) is 6.54 Å². The van der Waals surface area contributed by atoms with Crippen LogP contribution in [0.25, 0.3) is 5.65 Å². The summed E-state index contributed by atoms with van der Waals surface area (Å²) in [5.41, 5.74) is 1.40. The Kier molecular flexibility index (Phi) is 3.16. The average molecular weight is 302 g/mol. The van der Waals surface area contributed by atoms with E-state index in [1.807, 2.05) is 13.0 Å². The zero-order chi connectivity index (χ0) is 16.1. The second kappa shape index (κ2) is 4.79. The molecule has 7 nitrogen and oxygen atoms in total. The lowest BCUT2D eigenvalue weighted by Gasteiger charge is -2.31. The molecule has 1 amide bonds. The minimum atomic E-state index is -1.15.